The molecule has 2 aromatic carbocycles. The van der Waals surface area contributed by atoms with Crippen LogP contribution in [0.3, 0.4) is 0 Å². The predicted octanol–water partition coefficient (Wildman–Crippen LogP) is 4.26. The van der Waals surface area contributed by atoms with E-state index in [4.69, 9.17) is 26.9 Å². The maximum Gasteiger partial charge on any atom is 0.335 e. The summed E-state index contributed by atoms with van der Waals surface area (Å²) >= 11 is 6.38. The number of carboxylic acids is 1. The molecular weight excluding hydrogens is 366 g/mol. The van der Waals surface area contributed by atoms with Gasteiger partial charge in [0.2, 0.25) is 0 Å². The van der Waals surface area contributed by atoms with E-state index in [1.807, 2.05) is 25.1 Å². The average Bonchev–Trinajstić information content (AvgIpc) is 3.05. The molecule has 0 saturated carbocycles. The highest BCUT2D eigenvalue weighted by Crippen LogP contribution is 2.33. The number of benzene rings is 2. The topological polar surface area (TPSA) is 101 Å². The largest absolute Gasteiger partial charge is 0.478 e. The number of hydrazine groups is 1. The number of nitrogens with two attached hydrogens (primary N) is 1. The molecule has 0 bridgehead atoms. The maximum absolute atomic E-state index is 11.0. The molecule has 3 rings (SSSR count). The number of hydrogen-bond donors (Lipinski definition) is 4. The van der Waals surface area contributed by atoms with E-state index in [1.165, 1.54) is 0 Å². The quantitative estimate of drug-likeness (QED) is 0.453. The molecule has 0 aliphatic rings. The van der Waals surface area contributed by atoms with Crippen molar-refractivity contribution in [3.63, 3.8) is 0 Å². The first kappa shape index (κ1) is 18.8. The number of halogens is 1. The van der Waals surface area contributed by atoms with Crippen LogP contribution in [0.25, 0.3) is 22.1 Å². The molecule has 0 amide bonds. The van der Waals surface area contributed by atoms with Crippen molar-refractivity contribution in [2.75, 3.05) is 0 Å². The monoisotopic (exact) mass is 385 g/mol. The fourth-order valence-electron chi connectivity index (χ4n) is 2.73. The van der Waals surface area contributed by atoms with E-state index in [1.54, 1.807) is 30.3 Å². The number of furan rings is 1. The number of carboxylic acid groups (broad SMARTS) is 1. The van der Waals surface area contributed by atoms with Gasteiger partial charge in [0.05, 0.1) is 17.1 Å². The summed E-state index contributed by atoms with van der Waals surface area (Å²) in [7, 11) is 0. The minimum atomic E-state index is -0.954. The van der Waals surface area contributed by atoms with Crippen molar-refractivity contribution >= 4 is 28.5 Å². The Kier molecular flexibility index (Phi) is 5.69. The Morgan fingerprint density at radius 3 is 2.63 bits per heavy atom. The normalized spacial score (nSPS) is 11.7. The molecule has 0 saturated heterocycles. The molecule has 0 aliphatic heterocycles. The summed E-state index contributed by atoms with van der Waals surface area (Å²) in [5.41, 5.74) is 14.3. The van der Waals surface area contributed by atoms with Crippen molar-refractivity contribution in [1.82, 2.24) is 10.9 Å². The van der Waals surface area contributed by atoms with Gasteiger partial charge in [-0.25, -0.2) is 10.2 Å². The molecule has 0 unspecified atom stereocenters. The van der Waals surface area contributed by atoms with Gasteiger partial charge in [-0.05, 0) is 54.0 Å². The third-order valence-corrected chi connectivity index (χ3v) is 4.29. The Balaban J connectivity index is 1.81. The summed E-state index contributed by atoms with van der Waals surface area (Å²) in [5.74, 6) is 0.311. The van der Waals surface area contributed by atoms with Gasteiger partial charge >= 0.3 is 5.97 Å². The number of carbonyl (C=O) groups is 1. The zero-order valence-corrected chi connectivity index (χ0v) is 15.5. The molecule has 0 fully saturated rings. The van der Waals surface area contributed by atoms with Crippen LogP contribution in [-0.4, -0.2) is 11.1 Å². The van der Waals surface area contributed by atoms with E-state index in [0.717, 1.165) is 22.9 Å². The van der Waals surface area contributed by atoms with Gasteiger partial charge in [0.1, 0.15) is 11.6 Å². The van der Waals surface area contributed by atoms with E-state index in [2.05, 4.69) is 10.9 Å². The molecule has 0 spiro atoms. The van der Waals surface area contributed by atoms with Crippen LogP contribution < -0.4 is 16.6 Å². The van der Waals surface area contributed by atoms with Gasteiger partial charge in [0.25, 0.3) is 0 Å². The van der Waals surface area contributed by atoms with Crippen molar-refractivity contribution in [2.45, 2.75) is 19.9 Å². The van der Waals surface area contributed by atoms with Crippen LogP contribution >= 0.6 is 11.6 Å². The van der Waals surface area contributed by atoms with E-state index in [0.29, 0.717) is 28.7 Å². The summed E-state index contributed by atoms with van der Waals surface area (Å²) in [5, 5.41) is 10.4. The highest BCUT2D eigenvalue weighted by atomic mass is 35.5. The van der Waals surface area contributed by atoms with Crippen LogP contribution in [0.4, 0.5) is 0 Å². The van der Waals surface area contributed by atoms with Crippen LogP contribution in [0, 0.1) is 0 Å². The number of aromatic carboxylic acids is 1. The summed E-state index contributed by atoms with van der Waals surface area (Å²) in [6, 6.07) is 12.3. The molecule has 7 heteroatoms. The summed E-state index contributed by atoms with van der Waals surface area (Å²) in [4.78, 5) is 11.0. The van der Waals surface area contributed by atoms with E-state index in [9.17, 15) is 4.79 Å². The lowest BCUT2D eigenvalue weighted by Gasteiger charge is -2.06. The molecule has 1 heterocycles. The van der Waals surface area contributed by atoms with Gasteiger partial charge in [-0.2, -0.15) is 0 Å². The first-order valence-electron chi connectivity index (χ1n) is 8.48. The first-order valence-corrected chi connectivity index (χ1v) is 8.86. The van der Waals surface area contributed by atoms with Gasteiger partial charge in [0, 0.05) is 5.39 Å². The van der Waals surface area contributed by atoms with Crippen molar-refractivity contribution in [1.29, 1.82) is 0 Å². The molecule has 1 aromatic heterocycles. The van der Waals surface area contributed by atoms with Crippen LogP contribution in [0.15, 0.2) is 58.8 Å². The molecule has 3 aromatic rings. The minimum Gasteiger partial charge on any atom is -0.478 e. The zero-order valence-electron chi connectivity index (χ0n) is 14.8. The number of rotatable bonds is 7. The molecule has 0 aliphatic carbocycles. The second-order valence-electron chi connectivity index (χ2n) is 6.02. The molecule has 5 N–H and O–H groups in total. The highest BCUT2D eigenvalue weighted by Gasteiger charge is 2.11. The second kappa shape index (κ2) is 8.16. The lowest BCUT2D eigenvalue weighted by molar-refractivity contribution is 0.0697. The standard InChI is InChI=1S/C20H20ClN3O3/c1-2-3-18(22)24-23-11-16-9-15-8-14(10-17(21)19(15)27-16)12-4-6-13(7-5-12)20(25)26/h3-10,23-24H,2,11,22H2,1H3,(H,25,26)/b18-3-. The smallest absolute Gasteiger partial charge is 0.335 e. The van der Waals surface area contributed by atoms with E-state index < -0.39 is 5.97 Å². The van der Waals surface area contributed by atoms with Gasteiger partial charge < -0.3 is 20.7 Å². The van der Waals surface area contributed by atoms with Crippen molar-refractivity contribution < 1.29 is 14.3 Å². The van der Waals surface area contributed by atoms with Crippen molar-refractivity contribution in [3.8, 4) is 11.1 Å². The van der Waals surface area contributed by atoms with Crippen molar-refractivity contribution in [2.24, 2.45) is 5.73 Å². The van der Waals surface area contributed by atoms with Gasteiger partial charge in [-0.1, -0.05) is 30.7 Å². The number of allylic oxidation sites excluding steroid dienone is 1. The van der Waals surface area contributed by atoms with Gasteiger partial charge in [0.15, 0.2) is 5.58 Å². The second-order valence-corrected chi connectivity index (χ2v) is 6.43. The first-order chi connectivity index (χ1) is 13.0. The Morgan fingerprint density at radius 2 is 1.96 bits per heavy atom. The lowest BCUT2D eigenvalue weighted by atomic mass is 10.0. The lowest BCUT2D eigenvalue weighted by Crippen LogP contribution is -2.33. The van der Waals surface area contributed by atoms with Crippen LogP contribution in [-0.2, 0) is 6.54 Å². The molecule has 0 atom stereocenters. The van der Waals surface area contributed by atoms with Gasteiger partial charge in [-0.15, -0.1) is 0 Å². The maximum atomic E-state index is 11.0. The number of nitrogens with one attached hydrogen (secondary N) is 2. The molecule has 140 valence electrons. The Morgan fingerprint density at radius 1 is 1.22 bits per heavy atom. The van der Waals surface area contributed by atoms with Gasteiger partial charge in [-0.3, -0.25) is 0 Å². The number of hydrogen-bond acceptors (Lipinski definition) is 5. The summed E-state index contributed by atoms with van der Waals surface area (Å²) < 4.78 is 5.81. The fraction of sp³-hybridized carbons (Fsp3) is 0.150. The molecule has 6 nitrogen and oxygen atoms in total. The van der Waals surface area contributed by atoms with Crippen molar-refractivity contribution in [3.05, 3.63) is 70.7 Å². The summed E-state index contributed by atoms with van der Waals surface area (Å²) in [6.45, 7) is 2.44. The van der Waals surface area contributed by atoms with Crippen LogP contribution in [0.2, 0.25) is 5.02 Å². The molecule has 0 radical (unpaired) electrons. The predicted molar refractivity (Wildman–Crippen MR) is 106 cm³/mol. The van der Waals surface area contributed by atoms with Crippen LogP contribution in [0.5, 0.6) is 0 Å². The highest BCUT2D eigenvalue weighted by molar-refractivity contribution is 6.35. The fourth-order valence-corrected chi connectivity index (χ4v) is 2.99. The zero-order chi connectivity index (χ0) is 19.4. The third kappa shape index (κ3) is 4.42. The number of fused-ring (bicyclic) bond motifs is 1. The minimum absolute atomic E-state index is 0.242. The third-order valence-electron chi connectivity index (χ3n) is 4.01. The Labute approximate surface area is 161 Å². The van der Waals surface area contributed by atoms with E-state index in [-0.39, 0.29) is 5.56 Å². The summed E-state index contributed by atoms with van der Waals surface area (Å²) in [6.07, 6.45) is 2.71. The average molecular weight is 386 g/mol. The Hall–Kier alpha value is -2.96. The molecular formula is C20H20ClN3O3. The molecule has 27 heavy (non-hydrogen) atoms. The van der Waals surface area contributed by atoms with E-state index >= 15 is 0 Å². The van der Waals surface area contributed by atoms with Crippen LogP contribution in [0.1, 0.15) is 29.5 Å². The SMILES string of the molecule is CC/C=C(/N)NNCc1cc2cc(-c3ccc(C(=O)O)cc3)cc(Cl)c2o1. The Bertz CT molecular complexity index is 994.